The van der Waals surface area contributed by atoms with E-state index in [0.29, 0.717) is 49.9 Å². The van der Waals surface area contributed by atoms with Gasteiger partial charge in [0.1, 0.15) is 5.60 Å². The van der Waals surface area contributed by atoms with E-state index in [9.17, 15) is 14.4 Å². The lowest BCUT2D eigenvalue weighted by atomic mass is 10.1. The lowest BCUT2D eigenvalue weighted by molar-refractivity contribution is -0.117. The number of hydrogen-bond acceptors (Lipinski definition) is 5. The van der Waals surface area contributed by atoms with Gasteiger partial charge in [-0.05, 0) is 38.8 Å². The minimum Gasteiger partial charge on any atom is -0.444 e. The number of anilines is 1. The van der Waals surface area contributed by atoms with E-state index < -0.39 is 5.60 Å². The monoisotopic (exact) mass is 418 g/mol. The van der Waals surface area contributed by atoms with Crippen molar-refractivity contribution < 1.29 is 19.1 Å². The highest BCUT2D eigenvalue weighted by molar-refractivity contribution is 6.04. The Balaban J connectivity index is 1.86. The summed E-state index contributed by atoms with van der Waals surface area (Å²) in [5.74, 6) is -0.0505. The molecule has 0 radical (unpaired) electrons. The highest BCUT2D eigenvalue weighted by Crippen LogP contribution is 2.16. The fourth-order valence-corrected chi connectivity index (χ4v) is 2.99. The van der Waals surface area contributed by atoms with Crippen LogP contribution < -0.4 is 10.6 Å². The maximum absolute atomic E-state index is 12.5. The van der Waals surface area contributed by atoms with E-state index in [4.69, 9.17) is 4.74 Å². The maximum atomic E-state index is 12.5. The summed E-state index contributed by atoms with van der Waals surface area (Å²) in [6, 6.07) is 6.98. The first-order valence-electron chi connectivity index (χ1n) is 10.4. The summed E-state index contributed by atoms with van der Waals surface area (Å²) >= 11 is 0. The summed E-state index contributed by atoms with van der Waals surface area (Å²) < 4.78 is 5.39. The summed E-state index contributed by atoms with van der Waals surface area (Å²) in [5, 5.41) is 5.72. The molecular formula is C22H34N4O4. The Hall–Kier alpha value is -2.61. The van der Waals surface area contributed by atoms with E-state index in [1.807, 2.05) is 39.5 Å². The van der Waals surface area contributed by atoms with Crippen molar-refractivity contribution >= 4 is 23.6 Å². The van der Waals surface area contributed by atoms with Crippen molar-refractivity contribution in [3.05, 3.63) is 29.8 Å². The van der Waals surface area contributed by atoms with Crippen molar-refractivity contribution in [2.45, 2.75) is 40.2 Å². The van der Waals surface area contributed by atoms with Gasteiger partial charge in [0.15, 0.2) is 0 Å². The van der Waals surface area contributed by atoms with Gasteiger partial charge in [0.05, 0.1) is 17.8 Å². The lowest BCUT2D eigenvalue weighted by Crippen LogP contribution is -2.51. The number of amides is 3. The average Bonchev–Trinajstić information content (AvgIpc) is 2.65. The summed E-state index contributed by atoms with van der Waals surface area (Å²) in [5.41, 5.74) is 0.417. The van der Waals surface area contributed by atoms with Gasteiger partial charge in [-0.1, -0.05) is 26.0 Å². The van der Waals surface area contributed by atoms with Gasteiger partial charge in [0.2, 0.25) is 5.91 Å². The molecule has 0 unspecified atom stereocenters. The molecule has 1 aromatic rings. The van der Waals surface area contributed by atoms with E-state index in [1.165, 1.54) is 0 Å². The first kappa shape index (κ1) is 23.7. The van der Waals surface area contributed by atoms with Crippen LogP contribution >= 0.6 is 0 Å². The Morgan fingerprint density at radius 1 is 1.07 bits per heavy atom. The first-order valence-corrected chi connectivity index (χ1v) is 10.4. The molecule has 0 saturated carbocycles. The zero-order valence-electron chi connectivity index (χ0n) is 18.7. The van der Waals surface area contributed by atoms with Crippen LogP contribution in [0.25, 0.3) is 0 Å². The number of hydrogen-bond donors (Lipinski definition) is 2. The molecular weight excluding hydrogens is 384 g/mol. The van der Waals surface area contributed by atoms with E-state index in [1.54, 1.807) is 29.2 Å². The maximum Gasteiger partial charge on any atom is 0.410 e. The van der Waals surface area contributed by atoms with Crippen molar-refractivity contribution in [3.63, 3.8) is 0 Å². The Labute approximate surface area is 178 Å². The van der Waals surface area contributed by atoms with Crippen molar-refractivity contribution in [1.82, 2.24) is 15.1 Å². The second-order valence-electron chi connectivity index (χ2n) is 8.94. The van der Waals surface area contributed by atoms with Gasteiger partial charge < -0.3 is 20.3 Å². The fraction of sp³-hybridized carbons (Fsp3) is 0.591. The minimum atomic E-state index is -0.525. The Morgan fingerprint density at radius 2 is 1.70 bits per heavy atom. The van der Waals surface area contributed by atoms with Crippen LogP contribution in [-0.4, -0.2) is 72.6 Å². The summed E-state index contributed by atoms with van der Waals surface area (Å²) in [6.45, 7) is 12.5. The van der Waals surface area contributed by atoms with Crippen LogP contribution in [0.4, 0.5) is 10.5 Å². The molecule has 3 amide bonds. The third kappa shape index (κ3) is 7.67. The van der Waals surface area contributed by atoms with Crippen LogP contribution in [0.1, 0.15) is 45.0 Å². The number of piperazine rings is 1. The number of nitrogens with zero attached hydrogens (tertiary/aromatic N) is 2. The van der Waals surface area contributed by atoms with Gasteiger partial charge in [-0.25, -0.2) is 4.79 Å². The number of carbonyl (C=O) groups is 3. The topological polar surface area (TPSA) is 91.0 Å². The van der Waals surface area contributed by atoms with Crippen molar-refractivity contribution in [2.75, 3.05) is 44.6 Å². The van der Waals surface area contributed by atoms with Gasteiger partial charge >= 0.3 is 6.09 Å². The third-order valence-corrected chi connectivity index (χ3v) is 4.51. The Kier molecular flexibility index (Phi) is 8.23. The molecule has 8 nitrogen and oxygen atoms in total. The molecule has 0 spiro atoms. The Bertz CT molecular complexity index is 750. The Morgan fingerprint density at radius 3 is 2.30 bits per heavy atom. The van der Waals surface area contributed by atoms with Crippen LogP contribution in [0, 0.1) is 5.92 Å². The molecule has 0 aliphatic carbocycles. The van der Waals surface area contributed by atoms with Gasteiger partial charge in [0.25, 0.3) is 5.91 Å². The standard InChI is InChI=1S/C22H34N4O4/c1-16(2)14-23-20(28)17-8-6-7-9-18(17)24-19(27)15-25-10-12-26(13-11-25)21(29)30-22(3,4)5/h6-9,16H,10-15H2,1-5H3,(H,23,28)(H,24,27). The van der Waals surface area contributed by atoms with E-state index in [2.05, 4.69) is 10.6 Å². The largest absolute Gasteiger partial charge is 0.444 e. The molecule has 1 fully saturated rings. The molecule has 1 aliphatic heterocycles. The number of para-hydroxylation sites is 1. The highest BCUT2D eigenvalue weighted by Gasteiger charge is 2.26. The van der Waals surface area contributed by atoms with Gasteiger partial charge in [-0.2, -0.15) is 0 Å². The van der Waals surface area contributed by atoms with E-state index in [-0.39, 0.29) is 24.5 Å². The second-order valence-corrected chi connectivity index (χ2v) is 8.94. The summed E-state index contributed by atoms with van der Waals surface area (Å²) in [4.78, 5) is 40.7. The first-order chi connectivity index (χ1) is 14.0. The van der Waals surface area contributed by atoms with Gasteiger partial charge in [0, 0.05) is 32.7 Å². The molecule has 1 aromatic carbocycles. The molecule has 0 atom stereocenters. The number of ether oxygens (including phenoxy) is 1. The van der Waals surface area contributed by atoms with E-state index in [0.717, 1.165) is 0 Å². The molecule has 30 heavy (non-hydrogen) atoms. The number of benzene rings is 1. The summed E-state index contributed by atoms with van der Waals surface area (Å²) in [6.07, 6.45) is -0.326. The molecule has 1 heterocycles. The lowest BCUT2D eigenvalue weighted by Gasteiger charge is -2.35. The number of nitrogens with one attached hydrogen (secondary N) is 2. The van der Waals surface area contributed by atoms with Crippen LogP contribution in [0.5, 0.6) is 0 Å². The van der Waals surface area contributed by atoms with Crippen molar-refractivity contribution in [2.24, 2.45) is 5.92 Å². The smallest absolute Gasteiger partial charge is 0.410 e. The van der Waals surface area contributed by atoms with Crippen LogP contribution in [-0.2, 0) is 9.53 Å². The van der Waals surface area contributed by atoms with Gasteiger partial charge in [-0.15, -0.1) is 0 Å². The molecule has 0 bridgehead atoms. The summed E-state index contributed by atoms with van der Waals surface area (Å²) in [7, 11) is 0. The minimum absolute atomic E-state index is 0.190. The second kappa shape index (κ2) is 10.4. The number of carbonyl (C=O) groups excluding carboxylic acids is 3. The molecule has 1 saturated heterocycles. The van der Waals surface area contributed by atoms with Crippen LogP contribution in [0.2, 0.25) is 0 Å². The fourth-order valence-electron chi connectivity index (χ4n) is 2.99. The van der Waals surface area contributed by atoms with E-state index >= 15 is 0 Å². The number of rotatable bonds is 6. The van der Waals surface area contributed by atoms with Crippen molar-refractivity contribution in [3.8, 4) is 0 Å². The SMILES string of the molecule is CC(C)CNC(=O)c1ccccc1NC(=O)CN1CCN(C(=O)OC(C)(C)C)CC1. The van der Waals surface area contributed by atoms with Crippen LogP contribution in [0.15, 0.2) is 24.3 Å². The quantitative estimate of drug-likeness (QED) is 0.741. The zero-order valence-corrected chi connectivity index (χ0v) is 18.7. The molecule has 2 rings (SSSR count). The molecule has 2 N–H and O–H groups in total. The molecule has 1 aliphatic rings. The molecule has 0 aromatic heterocycles. The average molecular weight is 419 g/mol. The zero-order chi connectivity index (χ0) is 22.3. The highest BCUT2D eigenvalue weighted by atomic mass is 16.6. The molecule has 166 valence electrons. The predicted molar refractivity (Wildman–Crippen MR) is 116 cm³/mol. The predicted octanol–water partition coefficient (Wildman–Crippen LogP) is 2.56. The normalized spacial score (nSPS) is 15.1. The third-order valence-electron chi connectivity index (χ3n) is 4.51. The molecule has 8 heteroatoms. The van der Waals surface area contributed by atoms with Crippen molar-refractivity contribution in [1.29, 1.82) is 0 Å². The van der Waals surface area contributed by atoms with Gasteiger partial charge in [-0.3, -0.25) is 14.5 Å². The van der Waals surface area contributed by atoms with Crippen LogP contribution in [0.3, 0.4) is 0 Å².